The number of nitrogens with zero attached hydrogens (tertiary/aromatic N) is 4. The van der Waals surface area contributed by atoms with Crippen molar-refractivity contribution in [1.82, 2.24) is 25.1 Å². The monoisotopic (exact) mass is 343 g/mol. The molecule has 6 nitrogen and oxygen atoms in total. The Bertz CT molecular complexity index is 712. The van der Waals surface area contributed by atoms with Crippen LogP contribution in [0, 0.1) is 11.8 Å². The first-order chi connectivity index (χ1) is 11.7. The Labute approximate surface area is 145 Å². The predicted octanol–water partition coefficient (Wildman–Crippen LogP) is 2.27. The van der Waals surface area contributed by atoms with Gasteiger partial charge in [-0.2, -0.15) is 0 Å². The van der Waals surface area contributed by atoms with Crippen LogP contribution in [0.2, 0.25) is 0 Å². The second-order valence-electron chi connectivity index (χ2n) is 6.66. The Hall–Kier alpha value is -1.89. The van der Waals surface area contributed by atoms with Gasteiger partial charge < -0.3 is 9.88 Å². The van der Waals surface area contributed by atoms with Crippen molar-refractivity contribution in [3.63, 3.8) is 0 Å². The zero-order valence-corrected chi connectivity index (χ0v) is 14.5. The summed E-state index contributed by atoms with van der Waals surface area (Å²) in [7, 11) is 1.92. The number of thioether (sulfide) groups is 1. The maximum atomic E-state index is 12.3. The smallest absolute Gasteiger partial charge is 0.230 e. The SMILES string of the molecule is Cn1c(SCC(=O)NC(C2CC2)C2CC2)nnc1-c1cccnc1. The first-order valence-electron chi connectivity index (χ1n) is 8.44. The highest BCUT2D eigenvalue weighted by atomic mass is 32.2. The summed E-state index contributed by atoms with van der Waals surface area (Å²) in [5.74, 6) is 2.70. The van der Waals surface area contributed by atoms with Crippen molar-refractivity contribution in [3.8, 4) is 11.4 Å². The number of hydrogen-bond acceptors (Lipinski definition) is 5. The number of pyridine rings is 1. The highest BCUT2D eigenvalue weighted by Gasteiger charge is 2.42. The molecule has 0 radical (unpaired) electrons. The van der Waals surface area contributed by atoms with Gasteiger partial charge in [0.15, 0.2) is 11.0 Å². The zero-order valence-electron chi connectivity index (χ0n) is 13.7. The lowest BCUT2D eigenvalue weighted by atomic mass is 10.1. The van der Waals surface area contributed by atoms with Crippen LogP contribution in [0.1, 0.15) is 25.7 Å². The minimum atomic E-state index is 0.106. The molecule has 2 aliphatic carbocycles. The van der Waals surface area contributed by atoms with Crippen molar-refractivity contribution < 1.29 is 4.79 Å². The van der Waals surface area contributed by atoms with Crippen LogP contribution in [-0.4, -0.2) is 37.5 Å². The molecule has 0 saturated heterocycles. The van der Waals surface area contributed by atoms with Gasteiger partial charge >= 0.3 is 0 Å². The Balaban J connectivity index is 1.36. The van der Waals surface area contributed by atoms with Crippen LogP contribution in [0.3, 0.4) is 0 Å². The second kappa shape index (κ2) is 6.55. The molecule has 0 atom stereocenters. The van der Waals surface area contributed by atoms with Gasteiger partial charge in [0.2, 0.25) is 5.91 Å². The molecule has 4 rings (SSSR count). The van der Waals surface area contributed by atoms with Crippen LogP contribution in [0.25, 0.3) is 11.4 Å². The van der Waals surface area contributed by atoms with Crippen LogP contribution in [0.5, 0.6) is 0 Å². The molecule has 126 valence electrons. The van der Waals surface area contributed by atoms with Gasteiger partial charge in [0.1, 0.15) is 0 Å². The van der Waals surface area contributed by atoms with E-state index in [2.05, 4.69) is 20.5 Å². The molecule has 0 unspecified atom stereocenters. The number of aromatic nitrogens is 4. The topological polar surface area (TPSA) is 72.7 Å². The van der Waals surface area contributed by atoms with Crippen molar-refractivity contribution in [2.75, 3.05) is 5.75 Å². The van der Waals surface area contributed by atoms with E-state index in [1.165, 1.54) is 37.4 Å². The zero-order chi connectivity index (χ0) is 16.5. The van der Waals surface area contributed by atoms with Crippen LogP contribution in [0.4, 0.5) is 0 Å². The molecular formula is C17H21N5OS. The average molecular weight is 343 g/mol. The second-order valence-corrected chi connectivity index (χ2v) is 7.61. The molecule has 2 aromatic heterocycles. The van der Waals surface area contributed by atoms with Crippen molar-refractivity contribution in [3.05, 3.63) is 24.5 Å². The molecule has 2 heterocycles. The number of carbonyl (C=O) groups is 1. The minimum absolute atomic E-state index is 0.106. The number of carbonyl (C=O) groups excluding carboxylic acids is 1. The molecule has 1 N–H and O–H groups in total. The molecule has 2 fully saturated rings. The minimum Gasteiger partial charge on any atom is -0.352 e. The van der Waals surface area contributed by atoms with Crippen molar-refractivity contribution in [2.45, 2.75) is 36.9 Å². The summed E-state index contributed by atoms with van der Waals surface area (Å²) in [5, 5.41) is 12.4. The standard InChI is InChI=1S/C17H21N5OS/c1-22-16(13-3-2-8-18-9-13)20-21-17(22)24-10-14(23)19-15(11-4-5-11)12-6-7-12/h2-3,8-9,11-12,15H,4-7,10H2,1H3,(H,19,23). The normalized spacial score (nSPS) is 17.2. The predicted molar refractivity (Wildman–Crippen MR) is 92.3 cm³/mol. The lowest BCUT2D eigenvalue weighted by Crippen LogP contribution is -2.39. The van der Waals surface area contributed by atoms with Crippen LogP contribution >= 0.6 is 11.8 Å². The Kier molecular flexibility index (Phi) is 4.26. The molecular weight excluding hydrogens is 322 g/mol. The Morgan fingerprint density at radius 2 is 2.08 bits per heavy atom. The van der Waals surface area contributed by atoms with E-state index < -0.39 is 0 Å². The fourth-order valence-corrected chi connectivity index (χ4v) is 3.80. The Morgan fingerprint density at radius 1 is 1.33 bits per heavy atom. The Morgan fingerprint density at radius 3 is 2.71 bits per heavy atom. The molecule has 2 saturated carbocycles. The van der Waals surface area contributed by atoms with Gasteiger partial charge in [0.25, 0.3) is 0 Å². The van der Waals surface area contributed by atoms with Gasteiger partial charge in [-0.1, -0.05) is 11.8 Å². The van der Waals surface area contributed by atoms with Gasteiger partial charge in [0, 0.05) is 31.0 Å². The molecule has 0 aliphatic heterocycles. The van der Waals surface area contributed by atoms with Crippen molar-refractivity contribution in [1.29, 1.82) is 0 Å². The fraction of sp³-hybridized carbons (Fsp3) is 0.529. The first kappa shape index (κ1) is 15.6. The molecule has 0 bridgehead atoms. The molecule has 0 spiro atoms. The first-order valence-corrected chi connectivity index (χ1v) is 9.43. The summed E-state index contributed by atoms with van der Waals surface area (Å²) < 4.78 is 1.91. The van der Waals surface area contributed by atoms with Crippen molar-refractivity contribution in [2.24, 2.45) is 18.9 Å². The summed E-state index contributed by atoms with van der Waals surface area (Å²) in [4.78, 5) is 16.4. The highest BCUT2D eigenvalue weighted by molar-refractivity contribution is 7.99. The van der Waals surface area contributed by atoms with Gasteiger partial charge in [-0.15, -0.1) is 10.2 Å². The van der Waals surface area contributed by atoms with E-state index in [1.54, 1.807) is 12.4 Å². The lowest BCUT2D eigenvalue weighted by molar-refractivity contribution is -0.119. The van der Waals surface area contributed by atoms with Gasteiger partial charge in [-0.25, -0.2) is 0 Å². The molecule has 0 aromatic carbocycles. The summed E-state index contributed by atoms with van der Waals surface area (Å²) in [5.41, 5.74) is 0.923. The molecule has 24 heavy (non-hydrogen) atoms. The van der Waals surface area contributed by atoms with Gasteiger partial charge in [-0.05, 0) is 49.7 Å². The summed E-state index contributed by atoms with van der Waals surface area (Å²) >= 11 is 1.43. The van der Waals surface area contributed by atoms with Crippen LogP contribution in [-0.2, 0) is 11.8 Å². The summed E-state index contributed by atoms with van der Waals surface area (Å²) in [6, 6.07) is 4.23. The van der Waals surface area contributed by atoms with Gasteiger partial charge in [-0.3, -0.25) is 9.78 Å². The third-order valence-corrected chi connectivity index (χ3v) is 5.69. The summed E-state index contributed by atoms with van der Waals surface area (Å²) in [6.45, 7) is 0. The number of rotatable bonds is 7. The number of amides is 1. The molecule has 7 heteroatoms. The molecule has 1 amide bonds. The highest BCUT2D eigenvalue weighted by Crippen LogP contribution is 2.44. The summed E-state index contributed by atoms with van der Waals surface area (Å²) in [6.07, 6.45) is 8.58. The molecule has 2 aliphatic rings. The van der Waals surface area contributed by atoms with E-state index in [0.29, 0.717) is 11.8 Å². The van der Waals surface area contributed by atoms with E-state index in [1.807, 2.05) is 23.7 Å². The van der Waals surface area contributed by atoms with E-state index in [4.69, 9.17) is 0 Å². The number of hydrogen-bond donors (Lipinski definition) is 1. The average Bonchev–Trinajstić information content (AvgIpc) is 3.51. The third-order valence-electron chi connectivity index (χ3n) is 4.67. The van der Waals surface area contributed by atoms with Crippen molar-refractivity contribution >= 4 is 17.7 Å². The number of nitrogens with one attached hydrogen (secondary N) is 1. The quantitative estimate of drug-likeness (QED) is 0.781. The maximum Gasteiger partial charge on any atom is 0.230 e. The largest absolute Gasteiger partial charge is 0.352 e. The third kappa shape index (κ3) is 3.45. The van der Waals surface area contributed by atoms with Crippen LogP contribution < -0.4 is 5.32 Å². The van der Waals surface area contributed by atoms with E-state index in [-0.39, 0.29) is 5.91 Å². The molecule has 2 aromatic rings. The lowest BCUT2D eigenvalue weighted by Gasteiger charge is -2.17. The maximum absolute atomic E-state index is 12.3. The van der Waals surface area contributed by atoms with Crippen LogP contribution in [0.15, 0.2) is 29.7 Å². The fourth-order valence-electron chi connectivity index (χ4n) is 3.08. The van der Waals surface area contributed by atoms with Gasteiger partial charge in [0.05, 0.1) is 5.75 Å². The van der Waals surface area contributed by atoms with E-state index in [9.17, 15) is 4.79 Å². The van der Waals surface area contributed by atoms with E-state index >= 15 is 0 Å². The van der Waals surface area contributed by atoms with E-state index in [0.717, 1.165) is 28.4 Å².